The molecule has 0 N–H and O–H groups in total. The summed E-state index contributed by atoms with van der Waals surface area (Å²) < 4.78 is 13.6. The number of hydrogen-bond donors (Lipinski definition) is 0. The van der Waals surface area contributed by atoms with Gasteiger partial charge in [-0.3, -0.25) is 9.59 Å². The molecule has 2 aliphatic rings. The fourth-order valence-corrected chi connectivity index (χ4v) is 4.55. The van der Waals surface area contributed by atoms with E-state index >= 15 is 0 Å². The van der Waals surface area contributed by atoms with Gasteiger partial charge in [-0.05, 0) is 56.5 Å². The van der Waals surface area contributed by atoms with E-state index in [0.717, 1.165) is 12.8 Å². The van der Waals surface area contributed by atoms with E-state index in [1.165, 1.54) is 0 Å². The van der Waals surface area contributed by atoms with Crippen molar-refractivity contribution in [1.29, 1.82) is 0 Å². The Morgan fingerprint density at radius 2 is 1.94 bits per heavy atom. The fourth-order valence-electron chi connectivity index (χ4n) is 4.16. The molecule has 1 atom stereocenters. The van der Waals surface area contributed by atoms with Gasteiger partial charge in [-0.15, -0.1) is 0 Å². The Morgan fingerprint density at radius 1 is 1.23 bits per heavy atom. The zero-order valence-electron chi connectivity index (χ0n) is 19.0. The van der Waals surface area contributed by atoms with Gasteiger partial charge in [0, 0.05) is 32.4 Å². The number of amides is 2. The van der Waals surface area contributed by atoms with Gasteiger partial charge in [-0.1, -0.05) is 13.3 Å². The zero-order chi connectivity index (χ0) is 23.0. The smallest absolute Gasteiger partial charge is 0.410 e. The molecule has 8 nitrogen and oxygen atoms in total. The topological polar surface area (TPSA) is 81.1 Å². The number of pyridine rings is 1. The van der Waals surface area contributed by atoms with E-state index in [2.05, 4.69) is 15.9 Å². The molecule has 1 fully saturated rings. The minimum Gasteiger partial charge on any atom is -0.487 e. The lowest BCUT2D eigenvalue weighted by molar-refractivity contribution is 0.0254. The Bertz CT molecular complexity index is 923. The third kappa shape index (κ3) is 4.61. The summed E-state index contributed by atoms with van der Waals surface area (Å²) in [6.07, 6.45) is 3.65. The number of unbranched alkanes of at least 4 members (excludes halogenated alkanes) is 1. The third-order valence-corrected chi connectivity index (χ3v) is 6.28. The van der Waals surface area contributed by atoms with Crippen LogP contribution in [0, 0.1) is 0 Å². The van der Waals surface area contributed by atoms with Gasteiger partial charge >= 0.3 is 6.09 Å². The number of ether oxygens (including phenoxy) is 2. The molecule has 2 amide bonds. The maximum atomic E-state index is 13.3. The van der Waals surface area contributed by atoms with Gasteiger partial charge < -0.3 is 23.8 Å². The molecule has 9 heteroatoms. The van der Waals surface area contributed by atoms with E-state index < -0.39 is 11.1 Å². The van der Waals surface area contributed by atoms with Crippen molar-refractivity contribution in [1.82, 2.24) is 14.4 Å². The Kier molecular flexibility index (Phi) is 6.74. The summed E-state index contributed by atoms with van der Waals surface area (Å²) in [6, 6.07) is 0. The molecule has 0 radical (unpaired) electrons. The highest BCUT2D eigenvalue weighted by Crippen LogP contribution is 2.38. The lowest BCUT2D eigenvalue weighted by atomic mass is 9.93. The minimum absolute atomic E-state index is 0.0843. The van der Waals surface area contributed by atoms with E-state index in [1.807, 2.05) is 39.2 Å². The number of hydrogen-bond acceptors (Lipinski definition) is 5. The number of nitrogens with zero attached hydrogens (tertiary/aromatic N) is 3. The molecular weight excluding hydrogens is 466 g/mol. The molecule has 1 aromatic rings. The Morgan fingerprint density at radius 3 is 2.55 bits per heavy atom. The van der Waals surface area contributed by atoms with Crippen molar-refractivity contribution in [3.63, 3.8) is 0 Å². The van der Waals surface area contributed by atoms with Crippen molar-refractivity contribution >= 4 is 27.9 Å². The Labute approximate surface area is 191 Å². The lowest BCUT2D eigenvalue weighted by Gasteiger charge is -2.43. The predicted octanol–water partition coefficient (Wildman–Crippen LogP) is 3.60. The maximum absolute atomic E-state index is 13.3. The first kappa shape index (κ1) is 23.6. The van der Waals surface area contributed by atoms with Crippen LogP contribution in [0.25, 0.3) is 0 Å². The lowest BCUT2D eigenvalue weighted by Crippen LogP contribution is -2.56. The predicted molar refractivity (Wildman–Crippen MR) is 121 cm³/mol. The van der Waals surface area contributed by atoms with E-state index in [9.17, 15) is 14.4 Å². The maximum Gasteiger partial charge on any atom is 0.410 e. The second kappa shape index (κ2) is 8.84. The second-order valence-corrected chi connectivity index (χ2v) is 10.1. The molecule has 0 saturated carbocycles. The van der Waals surface area contributed by atoms with E-state index in [1.54, 1.807) is 16.0 Å². The molecule has 0 aromatic carbocycles. The highest BCUT2D eigenvalue weighted by atomic mass is 79.9. The summed E-state index contributed by atoms with van der Waals surface area (Å²) in [5.74, 6) is -0.138. The first-order chi connectivity index (χ1) is 14.5. The molecule has 2 aliphatic heterocycles. The van der Waals surface area contributed by atoms with E-state index in [-0.39, 0.29) is 28.9 Å². The van der Waals surface area contributed by atoms with E-state index in [4.69, 9.17) is 9.47 Å². The molecule has 31 heavy (non-hydrogen) atoms. The van der Waals surface area contributed by atoms with Crippen LogP contribution in [0.3, 0.4) is 0 Å². The molecular formula is C22H32BrN3O5. The summed E-state index contributed by atoms with van der Waals surface area (Å²) in [4.78, 5) is 42.3. The van der Waals surface area contributed by atoms with Gasteiger partial charge in [0.25, 0.3) is 5.91 Å². The van der Waals surface area contributed by atoms with Crippen molar-refractivity contribution in [3.8, 4) is 5.75 Å². The number of aromatic nitrogens is 1. The van der Waals surface area contributed by atoms with Gasteiger partial charge in [0.1, 0.15) is 5.60 Å². The number of carbonyl (C=O) groups excluding carboxylic acids is 2. The van der Waals surface area contributed by atoms with Gasteiger partial charge in [-0.25, -0.2) is 4.79 Å². The van der Waals surface area contributed by atoms with Gasteiger partial charge in [0.05, 0.1) is 16.6 Å². The van der Waals surface area contributed by atoms with Gasteiger partial charge in [0.15, 0.2) is 11.4 Å². The van der Waals surface area contributed by atoms with Crippen LogP contribution >= 0.6 is 15.9 Å². The summed E-state index contributed by atoms with van der Waals surface area (Å²) in [5.41, 5.74) is -1.19. The average molecular weight is 498 g/mol. The molecule has 1 unspecified atom stereocenters. The van der Waals surface area contributed by atoms with Crippen LogP contribution in [0.4, 0.5) is 4.79 Å². The van der Waals surface area contributed by atoms with E-state index in [0.29, 0.717) is 43.7 Å². The van der Waals surface area contributed by atoms with Crippen molar-refractivity contribution in [3.05, 3.63) is 26.6 Å². The van der Waals surface area contributed by atoms with Crippen LogP contribution in [0.15, 0.2) is 15.5 Å². The minimum atomic E-state index is -0.587. The highest BCUT2D eigenvalue weighted by Gasteiger charge is 2.49. The van der Waals surface area contributed by atoms with Crippen LogP contribution in [-0.4, -0.2) is 64.8 Å². The van der Waals surface area contributed by atoms with Crippen LogP contribution in [-0.2, 0) is 10.3 Å². The number of rotatable bonds is 5. The normalized spacial score (nSPS) is 20.9. The van der Waals surface area contributed by atoms with Crippen LogP contribution in [0.5, 0.6) is 5.75 Å². The van der Waals surface area contributed by atoms with Gasteiger partial charge in [0.2, 0.25) is 5.43 Å². The molecule has 1 spiro atoms. The Balaban J connectivity index is 2.05. The monoisotopic (exact) mass is 497 g/mol. The third-order valence-electron chi connectivity index (χ3n) is 5.72. The molecule has 0 bridgehead atoms. The average Bonchev–Trinajstić information content (AvgIpc) is 3.12. The van der Waals surface area contributed by atoms with Crippen molar-refractivity contribution in [2.45, 2.75) is 65.0 Å². The van der Waals surface area contributed by atoms with Crippen molar-refractivity contribution in [2.75, 3.05) is 32.8 Å². The summed E-state index contributed by atoms with van der Waals surface area (Å²) in [5, 5.41) is 0. The molecule has 0 aliphatic carbocycles. The molecule has 1 saturated heterocycles. The highest BCUT2D eigenvalue weighted by molar-refractivity contribution is 9.10. The van der Waals surface area contributed by atoms with Crippen molar-refractivity contribution < 1.29 is 19.1 Å². The largest absolute Gasteiger partial charge is 0.487 e. The quantitative estimate of drug-likeness (QED) is 0.580. The number of carbonyl (C=O) groups is 2. The first-order valence-corrected chi connectivity index (χ1v) is 11.7. The van der Waals surface area contributed by atoms with Gasteiger partial charge in [-0.2, -0.15) is 0 Å². The standard InChI is InChI=1S/C22H32BrN3O5/c1-6-8-11-30-18-16-19(28)24(7-2)13-22(26(16)12-15(23)17(18)27)9-10-25(14-22)20(29)31-21(3,4)5/h12H,6-11,13-14H2,1-5H3. The number of likely N-dealkylation sites (N-methyl/N-ethyl adjacent to an activating group) is 1. The summed E-state index contributed by atoms with van der Waals surface area (Å²) in [7, 11) is 0. The van der Waals surface area contributed by atoms with Crippen LogP contribution in [0.1, 0.15) is 64.4 Å². The fraction of sp³-hybridized carbons (Fsp3) is 0.682. The summed E-state index contributed by atoms with van der Waals surface area (Å²) >= 11 is 3.36. The number of likely N-dealkylation sites (tertiary alicyclic amines) is 1. The SMILES string of the molecule is CCCCOc1c2n(cc(Br)c1=O)C1(CCN(C(=O)OC(C)(C)C)C1)CN(CC)C2=O. The first-order valence-electron chi connectivity index (χ1n) is 10.9. The van der Waals surface area contributed by atoms with Crippen molar-refractivity contribution in [2.24, 2.45) is 0 Å². The van der Waals surface area contributed by atoms with Crippen LogP contribution in [0.2, 0.25) is 0 Å². The zero-order valence-corrected chi connectivity index (χ0v) is 20.6. The molecule has 172 valence electrons. The summed E-state index contributed by atoms with van der Waals surface area (Å²) in [6.45, 7) is 11.7. The molecule has 3 heterocycles. The Hall–Kier alpha value is -2.03. The number of halogens is 1. The molecule has 3 rings (SSSR count). The molecule has 1 aromatic heterocycles. The second-order valence-electron chi connectivity index (χ2n) is 9.25. The van der Waals surface area contributed by atoms with Crippen LogP contribution < -0.4 is 10.2 Å². The number of fused-ring (bicyclic) bond motifs is 2.